The Bertz CT molecular complexity index is 738. The first-order chi connectivity index (χ1) is 12.4. The van der Waals surface area contributed by atoms with Crippen molar-refractivity contribution in [1.82, 2.24) is 9.27 Å². The Hall–Kier alpha value is -1.82. The molecule has 1 aliphatic rings. The fourth-order valence-corrected chi connectivity index (χ4v) is 4.03. The third kappa shape index (κ3) is 5.10. The summed E-state index contributed by atoms with van der Waals surface area (Å²) in [5.41, 5.74) is -0.436. The third-order valence-corrected chi connectivity index (χ3v) is 5.32. The summed E-state index contributed by atoms with van der Waals surface area (Å²) >= 11 is 1.47. The predicted octanol–water partition coefficient (Wildman–Crippen LogP) is 5.10. The number of likely N-dealkylation sites (tertiary alicyclic amines) is 1. The number of fused-ring (bicyclic) bond motifs is 1. The van der Waals surface area contributed by atoms with Gasteiger partial charge in [0.25, 0.3) is 0 Å². The standard InChI is InChI=1S/C20H28N2O3S/c1-20(2,3)25-19(23)22-12-6-8-15(14-22)9-7-13-24-18-16-10-4-5-11-17(16)26-21-18/h4-5,10-11,15H,6-9,12-14H2,1-3H3/t15-/m1/s1. The average Bonchev–Trinajstić information content (AvgIpc) is 3.01. The van der Waals surface area contributed by atoms with Crippen LogP contribution in [0.5, 0.6) is 5.88 Å². The molecule has 1 aromatic heterocycles. The summed E-state index contributed by atoms with van der Waals surface area (Å²) in [4.78, 5) is 14.1. The molecule has 1 fully saturated rings. The van der Waals surface area contributed by atoms with E-state index < -0.39 is 5.60 Å². The van der Waals surface area contributed by atoms with Crippen molar-refractivity contribution < 1.29 is 14.3 Å². The van der Waals surface area contributed by atoms with Gasteiger partial charge in [-0.3, -0.25) is 0 Å². The van der Waals surface area contributed by atoms with Gasteiger partial charge in [0.1, 0.15) is 5.60 Å². The number of aromatic nitrogens is 1. The molecular formula is C20H28N2O3S. The van der Waals surface area contributed by atoms with E-state index in [-0.39, 0.29) is 6.09 Å². The van der Waals surface area contributed by atoms with E-state index in [9.17, 15) is 4.79 Å². The molecule has 0 bridgehead atoms. The molecule has 0 N–H and O–H groups in total. The highest BCUT2D eigenvalue weighted by Crippen LogP contribution is 2.28. The van der Waals surface area contributed by atoms with Crippen LogP contribution in [-0.2, 0) is 4.74 Å². The molecule has 1 amide bonds. The van der Waals surface area contributed by atoms with Gasteiger partial charge in [-0.25, -0.2) is 4.79 Å². The van der Waals surface area contributed by atoms with Gasteiger partial charge in [-0.15, -0.1) is 0 Å². The van der Waals surface area contributed by atoms with Crippen molar-refractivity contribution in [3.63, 3.8) is 0 Å². The van der Waals surface area contributed by atoms with Crippen LogP contribution in [0.1, 0.15) is 46.5 Å². The smallest absolute Gasteiger partial charge is 0.410 e. The third-order valence-electron chi connectivity index (χ3n) is 4.51. The molecule has 0 spiro atoms. The van der Waals surface area contributed by atoms with Gasteiger partial charge in [0, 0.05) is 13.1 Å². The molecule has 1 atom stereocenters. The van der Waals surface area contributed by atoms with Gasteiger partial charge in [-0.1, -0.05) is 12.1 Å². The maximum Gasteiger partial charge on any atom is 0.410 e. The SMILES string of the molecule is CC(C)(C)OC(=O)N1CCC[C@H](CCCOc2nsc3ccccc23)C1. The van der Waals surface area contributed by atoms with Crippen LogP contribution in [0.2, 0.25) is 0 Å². The number of piperidine rings is 1. The van der Waals surface area contributed by atoms with Crippen LogP contribution in [-0.4, -0.2) is 40.7 Å². The Morgan fingerprint density at radius 3 is 2.96 bits per heavy atom. The van der Waals surface area contributed by atoms with Gasteiger partial charge >= 0.3 is 6.09 Å². The molecular weight excluding hydrogens is 348 g/mol. The van der Waals surface area contributed by atoms with Crippen LogP contribution in [0.3, 0.4) is 0 Å². The quantitative estimate of drug-likeness (QED) is 0.681. The number of carbonyl (C=O) groups excluding carboxylic acids is 1. The molecule has 0 unspecified atom stereocenters. The molecule has 0 saturated carbocycles. The van der Waals surface area contributed by atoms with Crippen LogP contribution in [0, 0.1) is 5.92 Å². The van der Waals surface area contributed by atoms with Crippen molar-refractivity contribution in [2.75, 3.05) is 19.7 Å². The van der Waals surface area contributed by atoms with Crippen LogP contribution in [0.25, 0.3) is 10.1 Å². The lowest BCUT2D eigenvalue weighted by atomic mass is 9.94. The molecule has 2 heterocycles. The summed E-state index contributed by atoms with van der Waals surface area (Å²) in [5.74, 6) is 1.26. The minimum absolute atomic E-state index is 0.188. The molecule has 1 aliphatic heterocycles. The lowest BCUT2D eigenvalue weighted by Crippen LogP contribution is -2.42. The maximum absolute atomic E-state index is 12.2. The van der Waals surface area contributed by atoms with Crippen LogP contribution >= 0.6 is 11.5 Å². The molecule has 1 saturated heterocycles. The zero-order valence-corrected chi connectivity index (χ0v) is 16.7. The number of hydrogen-bond acceptors (Lipinski definition) is 5. The van der Waals surface area contributed by atoms with E-state index in [4.69, 9.17) is 9.47 Å². The number of rotatable bonds is 5. The molecule has 2 aromatic rings. The summed E-state index contributed by atoms with van der Waals surface area (Å²) in [5, 5.41) is 1.09. The second-order valence-corrected chi connectivity index (χ2v) is 8.71. The predicted molar refractivity (Wildman–Crippen MR) is 105 cm³/mol. The van der Waals surface area contributed by atoms with Crippen molar-refractivity contribution in [3.8, 4) is 5.88 Å². The number of carbonyl (C=O) groups is 1. The minimum Gasteiger partial charge on any atom is -0.477 e. The lowest BCUT2D eigenvalue weighted by molar-refractivity contribution is 0.0159. The summed E-state index contributed by atoms with van der Waals surface area (Å²) in [6.45, 7) is 7.97. The van der Waals surface area contributed by atoms with Crippen LogP contribution in [0.15, 0.2) is 24.3 Å². The fourth-order valence-electron chi connectivity index (χ4n) is 3.30. The first-order valence-electron chi connectivity index (χ1n) is 9.37. The molecule has 6 heteroatoms. The molecule has 5 nitrogen and oxygen atoms in total. The van der Waals surface area contributed by atoms with Gasteiger partial charge in [0.15, 0.2) is 0 Å². The minimum atomic E-state index is -0.436. The zero-order chi connectivity index (χ0) is 18.6. The Balaban J connectivity index is 1.42. The number of hydrogen-bond donors (Lipinski definition) is 0. The largest absolute Gasteiger partial charge is 0.477 e. The second kappa shape index (κ2) is 8.25. The molecule has 26 heavy (non-hydrogen) atoms. The average molecular weight is 377 g/mol. The van der Waals surface area contributed by atoms with Crippen molar-refractivity contribution in [2.24, 2.45) is 5.92 Å². The normalized spacial score (nSPS) is 18.1. The number of benzene rings is 1. The zero-order valence-electron chi connectivity index (χ0n) is 15.9. The topological polar surface area (TPSA) is 51.7 Å². The number of ether oxygens (including phenoxy) is 2. The van der Waals surface area contributed by atoms with Crippen LogP contribution < -0.4 is 4.74 Å². The Morgan fingerprint density at radius 1 is 1.35 bits per heavy atom. The molecule has 142 valence electrons. The molecule has 1 aromatic carbocycles. The highest BCUT2D eigenvalue weighted by molar-refractivity contribution is 7.13. The van der Waals surface area contributed by atoms with E-state index in [2.05, 4.69) is 10.4 Å². The summed E-state index contributed by atoms with van der Waals surface area (Å²) in [6.07, 6.45) is 4.05. The van der Waals surface area contributed by atoms with E-state index >= 15 is 0 Å². The monoisotopic (exact) mass is 376 g/mol. The van der Waals surface area contributed by atoms with E-state index in [1.165, 1.54) is 18.0 Å². The van der Waals surface area contributed by atoms with Crippen LogP contribution in [0.4, 0.5) is 4.79 Å². The van der Waals surface area contributed by atoms with E-state index in [1.54, 1.807) is 0 Å². The van der Waals surface area contributed by atoms with Crippen molar-refractivity contribution >= 4 is 27.7 Å². The van der Waals surface area contributed by atoms with Crippen molar-refractivity contribution in [2.45, 2.75) is 52.1 Å². The summed E-state index contributed by atoms with van der Waals surface area (Å²) in [6, 6.07) is 8.14. The van der Waals surface area contributed by atoms with Crippen molar-refractivity contribution in [1.29, 1.82) is 0 Å². The van der Waals surface area contributed by atoms with E-state index in [0.717, 1.165) is 48.3 Å². The molecule has 0 aliphatic carbocycles. The first kappa shape index (κ1) is 19.0. The van der Waals surface area contributed by atoms with E-state index in [0.29, 0.717) is 12.5 Å². The Labute approximate surface area is 159 Å². The lowest BCUT2D eigenvalue weighted by Gasteiger charge is -2.34. The number of nitrogens with zero attached hydrogens (tertiary/aromatic N) is 2. The van der Waals surface area contributed by atoms with Gasteiger partial charge in [-0.2, -0.15) is 4.37 Å². The first-order valence-corrected chi connectivity index (χ1v) is 10.1. The van der Waals surface area contributed by atoms with Crippen molar-refractivity contribution in [3.05, 3.63) is 24.3 Å². The van der Waals surface area contributed by atoms with E-state index in [1.807, 2.05) is 43.9 Å². The second-order valence-electron chi connectivity index (χ2n) is 7.91. The highest BCUT2D eigenvalue weighted by Gasteiger charge is 2.27. The Kier molecular flexibility index (Phi) is 6.01. The van der Waals surface area contributed by atoms with Gasteiger partial charge in [0.05, 0.1) is 16.7 Å². The highest BCUT2D eigenvalue weighted by atomic mass is 32.1. The van der Waals surface area contributed by atoms with Gasteiger partial charge in [0.2, 0.25) is 5.88 Å². The van der Waals surface area contributed by atoms with Gasteiger partial charge < -0.3 is 14.4 Å². The fraction of sp³-hybridized carbons (Fsp3) is 0.600. The summed E-state index contributed by atoms with van der Waals surface area (Å²) in [7, 11) is 0. The Morgan fingerprint density at radius 2 is 2.15 bits per heavy atom. The summed E-state index contributed by atoms with van der Waals surface area (Å²) < 4.78 is 16.9. The van der Waals surface area contributed by atoms with Gasteiger partial charge in [-0.05, 0) is 76.0 Å². The number of amides is 1. The molecule has 3 rings (SSSR count). The maximum atomic E-state index is 12.2. The molecule has 0 radical (unpaired) electrons.